The van der Waals surface area contributed by atoms with Gasteiger partial charge in [-0.05, 0) is 19.0 Å². The van der Waals surface area contributed by atoms with Gasteiger partial charge >= 0.3 is 0 Å². The topological polar surface area (TPSA) is 92.2 Å². The highest BCUT2D eigenvalue weighted by molar-refractivity contribution is 7.91. The third kappa shape index (κ3) is 3.44. The van der Waals surface area contributed by atoms with Gasteiger partial charge in [0.15, 0.2) is 15.6 Å². The lowest BCUT2D eigenvalue weighted by atomic mass is 10.0. The Balaban J connectivity index is 1.63. The molecule has 1 fully saturated rings. The van der Waals surface area contributed by atoms with Crippen molar-refractivity contribution in [3.8, 4) is 0 Å². The highest BCUT2D eigenvalue weighted by Gasteiger charge is 2.21. The zero-order chi connectivity index (χ0) is 17.3. The summed E-state index contributed by atoms with van der Waals surface area (Å²) >= 11 is 0. The minimum atomic E-state index is -2.87. The number of aryl methyl sites for hydroxylation is 1. The van der Waals surface area contributed by atoms with Crippen LogP contribution in [-0.4, -0.2) is 59.8 Å². The molecule has 0 radical (unpaired) electrons. The van der Waals surface area contributed by atoms with Crippen LogP contribution >= 0.6 is 0 Å². The van der Waals surface area contributed by atoms with E-state index < -0.39 is 9.84 Å². The number of fused-ring (bicyclic) bond motifs is 1. The first-order valence-corrected chi connectivity index (χ1v) is 9.82. The Bertz CT molecular complexity index is 912. The quantitative estimate of drug-likeness (QED) is 0.795. The van der Waals surface area contributed by atoms with Gasteiger partial charge in [-0.3, -0.25) is 9.59 Å². The third-order valence-electron chi connectivity index (χ3n) is 4.51. The minimum Gasteiger partial charge on any atom is -0.357 e. The van der Waals surface area contributed by atoms with Crippen molar-refractivity contribution in [1.29, 1.82) is 0 Å². The number of aromatic nitrogens is 2. The maximum atomic E-state index is 12.5. The monoisotopic (exact) mass is 351 g/mol. The van der Waals surface area contributed by atoms with Gasteiger partial charge in [0.2, 0.25) is 0 Å². The second-order valence-electron chi connectivity index (χ2n) is 6.25. The van der Waals surface area contributed by atoms with Crippen molar-refractivity contribution in [3.05, 3.63) is 34.4 Å². The number of carbonyl (C=O) groups excluding carboxylic acids is 1. The molecule has 0 aromatic carbocycles. The van der Waals surface area contributed by atoms with Crippen LogP contribution in [0.25, 0.3) is 10.9 Å². The summed E-state index contributed by atoms with van der Waals surface area (Å²) in [6.45, 7) is 1.79. The van der Waals surface area contributed by atoms with Crippen LogP contribution in [-0.2, 0) is 16.9 Å². The molecule has 7 nitrogen and oxygen atoms in total. The normalized spacial score (nSPS) is 18.0. The number of sulfone groups is 1. The summed E-state index contributed by atoms with van der Waals surface area (Å²) in [6, 6.07) is 1.75. The SMILES string of the molecule is Cn1cc(C(=O)CCCN2CCS(=O)(=O)CC2)c2cc[nH]c2c1=O. The lowest BCUT2D eigenvalue weighted by molar-refractivity contribution is 0.0976. The van der Waals surface area contributed by atoms with Crippen LogP contribution in [0, 0.1) is 0 Å². The molecule has 0 spiro atoms. The number of Topliss-reactive ketones (excluding diaryl/α,β-unsaturated/α-hetero) is 1. The summed E-state index contributed by atoms with van der Waals surface area (Å²) in [5, 5.41) is 0.659. The van der Waals surface area contributed by atoms with E-state index in [0.29, 0.717) is 48.9 Å². The van der Waals surface area contributed by atoms with Gasteiger partial charge in [0.25, 0.3) is 5.56 Å². The lowest BCUT2D eigenvalue weighted by Crippen LogP contribution is -2.40. The van der Waals surface area contributed by atoms with Crippen molar-refractivity contribution in [2.24, 2.45) is 7.05 Å². The fourth-order valence-electron chi connectivity index (χ4n) is 3.06. The van der Waals surface area contributed by atoms with E-state index in [4.69, 9.17) is 0 Å². The van der Waals surface area contributed by atoms with Gasteiger partial charge in [-0.2, -0.15) is 0 Å². The van der Waals surface area contributed by atoms with E-state index in [2.05, 4.69) is 9.88 Å². The molecule has 0 atom stereocenters. The van der Waals surface area contributed by atoms with E-state index in [-0.39, 0.29) is 22.8 Å². The molecule has 3 rings (SSSR count). The summed E-state index contributed by atoms with van der Waals surface area (Å²) in [5.41, 5.74) is 0.847. The molecule has 0 aliphatic carbocycles. The zero-order valence-corrected chi connectivity index (χ0v) is 14.4. The molecule has 0 unspecified atom stereocenters. The van der Waals surface area contributed by atoms with Gasteiger partial charge in [-0.15, -0.1) is 0 Å². The molecule has 24 heavy (non-hydrogen) atoms. The van der Waals surface area contributed by atoms with Gasteiger partial charge in [0.1, 0.15) is 5.52 Å². The number of rotatable bonds is 5. The molecule has 8 heteroatoms. The Morgan fingerprint density at radius 1 is 1.29 bits per heavy atom. The molecule has 1 saturated heterocycles. The van der Waals surface area contributed by atoms with Crippen molar-refractivity contribution >= 4 is 26.5 Å². The second kappa shape index (κ2) is 6.52. The van der Waals surface area contributed by atoms with Gasteiger partial charge in [0, 0.05) is 49.9 Å². The van der Waals surface area contributed by atoms with Crippen LogP contribution in [0.2, 0.25) is 0 Å². The van der Waals surface area contributed by atoms with Gasteiger partial charge in [-0.1, -0.05) is 0 Å². The maximum absolute atomic E-state index is 12.5. The molecule has 1 aliphatic rings. The van der Waals surface area contributed by atoms with Crippen molar-refractivity contribution in [1.82, 2.24) is 14.5 Å². The summed E-state index contributed by atoms with van der Waals surface area (Å²) in [5.74, 6) is 0.400. The predicted octanol–water partition coefficient (Wildman–Crippen LogP) is 0.560. The van der Waals surface area contributed by atoms with E-state index in [1.165, 1.54) is 4.57 Å². The number of ketones is 1. The average Bonchev–Trinajstić information content (AvgIpc) is 3.02. The number of H-pyrrole nitrogens is 1. The van der Waals surface area contributed by atoms with Crippen LogP contribution in [0.15, 0.2) is 23.3 Å². The third-order valence-corrected chi connectivity index (χ3v) is 6.12. The van der Waals surface area contributed by atoms with Crippen molar-refractivity contribution in [3.63, 3.8) is 0 Å². The van der Waals surface area contributed by atoms with E-state index in [0.717, 1.165) is 0 Å². The number of aromatic amines is 1. The number of nitrogens with zero attached hydrogens (tertiary/aromatic N) is 2. The molecule has 2 aromatic heterocycles. The molecule has 0 saturated carbocycles. The highest BCUT2D eigenvalue weighted by atomic mass is 32.2. The molecule has 1 aliphatic heterocycles. The number of hydrogen-bond donors (Lipinski definition) is 1. The molecule has 0 amide bonds. The minimum absolute atomic E-state index is 0.000157. The van der Waals surface area contributed by atoms with Crippen LogP contribution in [0.5, 0.6) is 0 Å². The standard InChI is InChI=1S/C16H21N3O4S/c1-18-11-13(12-4-5-17-15(12)16(18)21)14(20)3-2-6-19-7-9-24(22,23)10-8-19/h4-5,11,17H,2-3,6-10H2,1H3. The average molecular weight is 351 g/mol. The van der Waals surface area contributed by atoms with Crippen LogP contribution in [0.3, 0.4) is 0 Å². The van der Waals surface area contributed by atoms with Crippen LogP contribution < -0.4 is 5.56 Å². The molecule has 0 bridgehead atoms. The zero-order valence-electron chi connectivity index (χ0n) is 13.6. The van der Waals surface area contributed by atoms with Crippen LogP contribution in [0.1, 0.15) is 23.2 Å². The number of nitrogens with one attached hydrogen (secondary N) is 1. The molecule has 130 valence electrons. The lowest BCUT2D eigenvalue weighted by Gasteiger charge is -2.26. The molecule has 3 heterocycles. The van der Waals surface area contributed by atoms with Gasteiger partial charge in [0.05, 0.1) is 11.5 Å². The fraction of sp³-hybridized carbons (Fsp3) is 0.500. The summed E-state index contributed by atoms with van der Waals surface area (Å²) in [4.78, 5) is 29.5. The molecular formula is C16H21N3O4S. The van der Waals surface area contributed by atoms with Crippen molar-refractivity contribution < 1.29 is 13.2 Å². The van der Waals surface area contributed by atoms with Crippen molar-refractivity contribution in [2.75, 3.05) is 31.1 Å². The number of pyridine rings is 1. The Morgan fingerprint density at radius 3 is 2.71 bits per heavy atom. The predicted molar refractivity (Wildman–Crippen MR) is 92.2 cm³/mol. The Hall–Kier alpha value is -1.93. The van der Waals surface area contributed by atoms with E-state index in [1.54, 1.807) is 25.5 Å². The highest BCUT2D eigenvalue weighted by Crippen LogP contribution is 2.17. The first-order chi connectivity index (χ1) is 11.4. The number of carbonyl (C=O) groups is 1. The molecule has 2 aromatic rings. The van der Waals surface area contributed by atoms with Crippen molar-refractivity contribution in [2.45, 2.75) is 12.8 Å². The molecular weight excluding hydrogens is 330 g/mol. The summed E-state index contributed by atoms with van der Waals surface area (Å²) in [7, 11) is -1.24. The fourth-order valence-corrected chi connectivity index (χ4v) is 4.34. The summed E-state index contributed by atoms with van der Waals surface area (Å²) in [6.07, 6.45) is 4.31. The smallest absolute Gasteiger partial charge is 0.274 e. The van der Waals surface area contributed by atoms with E-state index in [9.17, 15) is 18.0 Å². The second-order valence-corrected chi connectivity index (χ2v) is 8.55. The largest absolute Gasteiger partial charge is 0.357 e. The molecule has 1 N–H and O–H groups in total. The Labute approximate surface area is 140 Å². The van der Waals surface area contributed by atoms with E-state index in [1.807, 2.05) is 0 Å². The number of hydrogen-bond acceptors (Lipinski definition) is 5. The van der Waals surface area contributed by atoms with E-state index >= 15 is 0 Å². The van der Waals surface area contributed by atoms with Gasteiger partial charge in [-0.25, -0.2) is 8.42 Å². The Morgan fingerprint density at radius 2 is 2.00 bits per heavy atom. The van der Waals surface area contributed by atoms with Gasteiger partial charge < -0.3 is 14.5 Å². The first kappa shape index (κ1) is 16.9. The Kier molecular flexibility index (Phi) is 4.60. The summed E-state index contributed by atoms with van der Waals surface area (Å²) < 4.78 is 24.2. The maximum Gasteiger partial charge on any atom is 0.274 e. The van der Waals surface area contributed by atoms with Crippen LogP contribution in [0.4, 0.5) is 0 Å². The first-order valence-electron chi connectivity index (χ1n) is 8.00.